The largest absolute Gasteiger partial charge is 0.460 e. The molecule has 28 heavy (non-hydrogen) atoms. The Balaban J connectivity index is 1.70. The highest BCUT2D eigenvalue weighted by Crippen LogP contribution is 2.24. The van der Waals surface area contributed by atoms with E-state index in [1.54, 1.807) is 19.1 Å². The van der Waals surface area contributed by atoms with Gasteiger partial charge in [-0.05, 0) is 31.2 Å². The number of esters is 1. The van der Waals surface area contributed by atoms with Crippen LogP contribution in [-0.2, 0) is 14.8 Å². The number of nitrogens with zero attached hydrogens (tertiary/aromatic N) is 4. The Morgan fingerprint density at radius 1 is 1.29 bits per heavy atom. The van der Waals surface area contributed by atoms with Crippen LogP contribution in [0.1, 0.15) is 23.2 Å². The number of aromatic nitrogens is 1. The van der Waals surface area contributed by atoms with E-state index in [1.165, 1.54) is 16.4 Å². The summed E-state index contributed by atoms with van der Waals surface area (Å²) in [5.74, 6) is -0.315. The van der Waals surface area contributed by atoms with Crippen LogP contribution in [0, 0.1) is 11.3 Å². The molecule has 0 spiro atoms. The van der Waals surface area contributed by atoms with Crippen LogP contribution in [0.25, 0.3) is 0 Å². The Kier molecular flexibility index (Phi) is 5.88. The minimum absolute atomic E-state index is 0.122. The molecule has 0 saturated carbocycles. The summed E-state index contributed by atoms with van der Waals surface area (Å²) in [5.41, 5.74) is 0.122. The number of halogens is 1. The Labute approximate surface area is 167 Å². The SMILES string of the molecule is CCOC(=O)c1ccc(S(=O)(=O)N2CCN(c3ccc(Cl)c(C#N)n3)CC2)o1. The van der Waals surface area contributed by atoms with Crippen LogP contribution in [0.15, 0.2) is 33.8 Å². The van der Waals surface area contributed by atoms with Crippen LogP contribution in [0.5, 0.6) is 0 Å². The monoisotopic (exact) mass is 424 g/mol. The lowest BCUT2D eigenvalue weighted by atomic mass is 10.3. The number of piperazine rings is 1. The summed E-state index contributed by atoms with van der Waals surface area (Å²) in [6, 6.07) is 7.72. The molecule has 3 rings (SSSR count). The van der Waals surface area contributed by atoms with E-state index >= 15 is 0 Å². The normalized spacial score (nSPS) is 15.2. The number of anilines is 1. The summed E-state index contributed by atoms with van der Waals surface area (Å²) in [7, 11) is -3.88. The fourth-order valence-electron chi connectivity index (χ4n) is 2.74. The number of carbonyl (C=O) groups is 1. The van der Waals surface area contributed by atoms with E-state index in [9.17, 15) is 13.2 Å². The van der Waals surface area contributed by atoms with Crippen LogP contribution in [0.3, 0.4) is 0 Å². The Bertz CT molecular complexity index is 1020. The minimum Gasteiger partial charge on any atom is -0.460 e. The zero-order chi connectivity index (χ0) is 20.3. The van der Waals surface area contributed by atoms with Gasteiger partial charge in [-0.2, -0.15) is 9.57 Å². The predicted molar refractivity (Wildman–Crippen MR) is 99.6 cm³/mol. The molecule has 1 fully saturated rings. The van der Waals surface area contributed by atoms with Gasteiger partial charge >= 0.3 is 5.97 Å². The van der Waals surface area contributed by atoms with Crippen molar-refractivity contribution in [3.05, 3.63) is 40.7 Å². The maximum atomic E-state index is 12.8. The molecule has 1 aliphatic heterocycles. The Hall–Kier alpha value is -2.61. The summed E-state index contributed by atoms with van der Waals surface area (Å²) in [4.78, 5) is 17.7. The van der Waals surface area contributed by atoms with Crippen molar-refractivity contribution in [3.63, 3.8) is 0 Å². The second-order valence-electron chi connectivity index (χ2n) is 5.84. The Morgan fingerprint density at radius 3 is 2.64 bits per heavy atom. The van der Waals surface area contributed by atoms with Crippen molar-refractivity contribution in [1.82, 2.24) is 9.29 Å². The first-order valence-electron chi connectivity index (χ1n) is 8.45. The fraction of sp³-hybridized carbons (Fsp3) is 0.353. The van der Waals surface area contributed by atoms with Crippen LogP contribution in [-0.4, -0.2) is 56.5 Å². The third-order valence-corrected chi connectivity index (χ3v) is 6.23. The second kappa shape index (κ2) is 8.18. The highest BCUT2D eigenvalue weighted by Gasteiger charge is 2.32. The van der Waals surface area contributed by atoms with Gasteiger partial charge in [0.25, 0.3) is 10.0 Å². The van der Waals surface area contributed by atoms with E-state index < -0.39 is 16.0 Å². The third kappa shape index (κ3) is 3.96. The molecule has 9 nitrogen and oxygen atoms in total. The average Bonchev–Trinajstić information content (AvgIpc) is 3.20. The lowest BCUT2D eigenvalue weighted by molar-refractivity contribution is 0.0483. The number of hydrogen-bond donors (Lipinski definition) is 0. The number of furan rings is 1. The molecule has 0 amide bonds. The first kappa shape index (κ1) is 20.1. The van der Waals surface area contributed by atoms with E-state index in [-0.39, 0.29) is 41.3 Å². The van der Waals surface area contributed by atoms with Gasteiger partial charge in [-0.15, -0.1) is 0 Å². The van der Waals surface area contributed by atoms with Gasteiger partial charge in [0, 0.05) is 26.2 Å². The van der Waals surface area contributed by atoms with Crippen molar-refractivity contribution in [3.8, 4) is 6.07 Å². The molecule has 1 saturated heterocycles. The molecular formula is C17H17ClN4O5S. The molecule has 2 aromatic rings. The van der Waals surface area contributed by atoms with E-state index in [1.807, 2.05) is 11.0 Å². The molecule has 0 aliphatic carbocycles. The maximum Gasteiger partial charge on any atom is 0.374 e. The molecular weight excluding hydrogens is 408 g/mol. The first-order valence-corrected chi connectivity index (χ1v) is 10.3. The lowest BCUT2D eigenvalue weighted by Crippen LogP contribution is -2.48. The van der Waals surface area contributed by atoms with Crippen molar-refractivity contribution < 1.29 is 22.4 Å². The highest BCUT2D eigenvalue weighted by molar-refractivity contribution is 7.89. The van der Waals surface area contributed by atoms with Gasteiger partial charge in [-0.1, -0.05) is 11.6 Å². The zero-order valence-electron chi connectivity index (χ0n) is 15.0. The smallest absolute Gasteiger partial charge is 0.374 e. The summed E-state index contributed by atoms with van der Waals surface area (Å²) in [5, 5.41) is 9.01. The van der Waals surface area contributed by atoms with Crippen LogP contribution in [0.4, 0.5) is 5.82 Å². The summed E-state index contributed by atoms with van der Waals surface area (Å²) < 4.78 is 36.8. The molecule has 0 bridgehead atoms. The number of ether oxygens (including phenoxy) is 1. The van der Waals surface area contributed by atoms with Crippen molar-refractivity contribution in [1.29, 1.82) is 5.26 Å². The maximum absolute atomic E-state index is 12.8. The number of carbonyl (C=O) groups excluding carboxylic acids is 1. The van der Waals surface area contributed by atoms with E-state index in [0.29, 0.717) is 18.9 Å². The molecule has 0 radical (unpaired) electrons. The van der Waals surface area contributed by atoms with Crippen LogP contribution >= 0.6 is 11.6 Å². The van der Waals surface area contributed by atoms with Gasteiger partial charge in [0.15, 0.2) is 5.69 Å². The van der Waals surface area contributed by atoms with Gasteiger partial charge in [0.05, 0.1) is 11.6 Å². The molecule has 11 heteroatoms. The van der Waals surface area contributed by atoms with E-state index in [0.717, 1.165) is 0 Å². The van der Waals surface area contributed by atoms with Gasteiger partial charge in [-0.25, -0.2) is 18.2 Å². The van der Waals surface area contributed by atoms with E-state index in [2.05, 4.69) is 4.98 Å². The van der Waals surface area contributed by atoms with Crippen molar-refractivity contribution in [2.75, 3.05) is 37.7 Å². The minimum atomic E-state index is -3.88. The Morgan fingerprint density at radius 2 is 2.00 bits per heavy atom. The third-order valence-electron chi connectivity index (χ3n) is 4.15. The second-order valence-corrected chi connectivity index (χ2v) is 8.12. The topological polar surface area (TPSA) is 117 Å². The van der Waals surface area contributed by atoms with Gasteiger partial charge in [0.2, 0.25) is 10.9 Å². The van der Waals surface area contributed by atoms with Gasteiger partial charge in [-0.3, -0.25) is 0 Å². The van der Waals surface area contributed by atoms with Gasteiger partial charge in [0.1, 0.15) is 11.9 Å². The number of hydrogen-bond acceptors (Lipinski definition) is 8. The average molecular weight is 425 g/mol. The lowest BCUT2D eigenvalue weighted by Gasteiger charge is -2.34. The number of sulfonamides is 1. The summed E-state index contributed by atoms with van der Waals surface area (Å²) >= 11 is 5.90. The van der Waals surface area contributed by atoms with Crippen LogP contribution in [0.2, 0.25) is 5.02 Å². The fourth-order valence-corrected chi connectivity index (χ4v) is 4.22. The first-order chi connectivity index (χ1) is 13.4. The number of pyridine rings is 1. The van der Waals surface area contributed by atoms with Crippen LogP contribution < -0.4 is 4.90 Å². The highest BCUT2D eigenvalue weighted by atomic mass is 35.5. The molecule has 0 N–H and O–H groups in total. The quantitative estimate of drug-likeness (QED) is 0.668. The molecule has 0 unspecified atom stereocenters. The van der Waals surface area contributed by atoms with Crippen molar-refractivity contribution in [2.24, 2.45) is 0 Å². The molecule has 3 heterocycles. The van der Waals surface area contributed by atoms with Crippen molar-refractivity contribution >= 4 is 33.4 Å². The number of rotatable bonds is 5. The van der Waals surface area contributed by atoms with Crippen molar-refractivity contribution in [2.45, 2.75) is 12.0 Å². The predicted octanol–water partition coefficient (Wildman–Crippen LogP) is 1.89. The standard InChI is InChI=1S/C17H17ClN4O5S/c1-2-26-17(23)14-4-6-16(27-14)28(24,25)22-9-7-21(8-10-22)15-5-3-12(18)13(11-19)20-15/h3-6H,2,7-10H2,1H3. The zero-order valence-corrected chi connectivity index (χ0v) is 16.5. The summed E-state index contributed by atoms with van der Waals surface area (Å²) in [6.45, 7) is 2.96. The summed E-state index contributed by atoms with van der Waals surface area (Å²) in [6.07, 6.45) is 0. The van der Waals surface area contributed by atoms with E-state index in [4.69, 9.17) is 26.0 Å². The molecule has 0 atom stereocenters. The number of nitriles is 1. The molecule has 2 aromatic heterocycles. The van der Waals surface area contributed by atoms with Gasteiger partial charge < -0.3 is 14.1 Å². The molecule has 148 valence electrons. The molecule has 0 aromatic carbocycles. The molecule has 1 aliphatic rings.